The van der Waals surface area contributed by atoms with E-state index in [9.17, 15) is 0 Å². The zero-order valence-corrected chi connectivity index (χ0v) is 8.95. The van der Waals surface area contributed by atoms with Gasteiger partial charge in [-0.3, -0.25) is 4.68 Å². The number of aryl methyl sites for hydroxylation is 2. The Morgan fingerprint density at radius 1 is 1.58 bits per heavy atom. The molecule has 12 heavy (non-hydrogen) atoms. The van der Waals surface area contributed by atoms with Crippen LogP contribution in [0, 0.1) is 6.92 Å². The molecule has 0 saturated heterocycles. The Kier molecular flexibility index (Phi) is 3.02. The van der Waals surface area contributed by atoms with Crippen molar-refractivity contribution in [1.29, 1.82) is 0 Å². The SMILES string of the molecule is Cc1nn(C)c(CC(C)Cl)c1Cl. The molecule has 0 fully saturated rings. The number of hydrogen-bond acceptors (Lipinski definition) is 1. The Hall–Kier alpha value is -0.210. The van der Waals surface area contributed by atoms with Crippen LogP contribution in [-0.4, -0.2) is 15.2 Å². The third-order valence-electron chi connectivity index (χ3n) is 1.74. The lowest BCUT2D eigenvalue weighted by Crippen LogP contribution is -2.04. The number of alkyl halides is 1. The van der Waals surface area contributed by atoms with E-state index >= 15 is 0 Å². The van der Waals surface area contributed by atoms with Crippen LogP contribution < -0.4 is 0 Å². The van der Waals surface area contributed by atoms with Gasteiger partial charge >= 0.3 is 0 Å². The van der Waals surface area contributed by atoms with Crippen LogP contribution in [-0.2, 0) is 13.5 Å². The second kappa shape index (κ2) is 3.67. The monoisotopic (exact) mass is 206 g/mol. The Morgan fingerprint density at radius 2 is 2.17 bits per heavy atom. The van der Waals surface area contributed by atoms with Crippen LogP contribution in [0.3, 0.4) is 0 Å². The molecular formula is C8H12Cl2N2. The molecule has 1 atom stereocenters. The van der Waals surface area contributed by atoms with Gasteiger partial charge in [0.1, 0.15) is 0 Å². The van der Waals surface area contributed by atoms with Gasteiger partial charge in [0, 0.05) is 18.8 Å². The van der Waals surface area contributed by atoms with E-state index in [4.69, 9.17) is 23.2 Å². The number of halogens is 2. The molecule has 4 heteroatoms. The molecule has 2 nitrogen and oxygen atoms in total. The Bertz CT molecular complexity index is 279. The van der Waals surface area contributed by atoms with Crippen molar-refractivity contribution in [3.8, 4) is 0 Å². The van der Waals surface area contributed by atoms with E-state index in [1.165, 1.54) is 0 Å². The Morgan fingerprint density at radius 3 is 2.50 bits per heavy atom. The molecule has 1 aromatic heterocycles. The third-order valence-corrected chi connectivity index (χ3v) is 2.38. The van der Waals surface area contributed by atoms with E-state index in [2.05, 4.69) is 5.10 Å². The van der Waals surface area contributed by atoms with Crippen molar-refractivity contribution >= 4 is 23.2 Å². The lowest BCUT2D eigenvalue weighted by Gasteiger charge is -2.03. The number of aromatic nitrogens is 2. The smallest absolute Gasteiger partial charge is 0.0847 e. The summed E-state index contributed by atoms with van der Waals surface area (Å²) in [5.41, 5.74) is 1.88. The summed E-state index contributed by atoms with van der Waals surface area (Å²) in [7, 11) is 1.88. The summed E-state index contributed by atoms with van der Waals surface area (Å²) in [6.07, 6.45) is 0.762. The minimum absolute atomic E-state index is 0.0947. The largest absolute Gasteiger partial charge is 0.271 e. The highest BCUT2D eigenvalue weighted by atomic mass is 35.5. The van der Waals surface area contributed by atoms with Gasteiger partial charge in [0.2, 0.25) is 0 Å². The molecule has 1 unspecified atom stereocenters. The van der Waals surface area contributed by atoms with Crippen molar-refractivity contribution < 1.29 is 0 Å². The first-order valence-corrected chi connectivity index (χ1v) is 4.66. The first kappa shape index (κ1) is 9.87. The molecule has 0 spiro atoms. The van der Waals surface area contributed by atoms with E-state index in [0.29, 0.717) is 0 Å². The van der Waals surface area contributed by atoms with Crippen LogP contribution in [0.15, 0.2) is 0 Å². The summed E-state index contributed by atoms with van der Waals surface area (Å²) >= 11 is 11.9. The minimum atomic E-state index is 0.0947. The number of rotatable bonds is 2. The zero-order chi connectivity index (χ0) is 9.30. The average molecular weight is 207 g/mol. The topological polar surface area (TPSA) is 17.8 Å². The molecule has 0 radical (unpaired) electrons. The summed E-state index contributed by atoms with van der Waals surface area (Å²) in [5.74, 6) is 0. The van der Waals surface area contributed by atoms with E-state index in [1.807, 2.05) is 20.9 Å². The van der Waals surface area contributed by atoms with Crippen LogP contribution in [0.4, 0.5) is 0 Å². The maximum absolute atomic E-state index is 6.02. The number of hydrogen-bond donors (Lipinski definition) is 0. The molecule has 1 aromatic rings. The van der Waals surface area contributed by atoms with Crippen molar-refractivity contribution in [2.75, 3.05) is 0 Å². The Balaban J connectivity index is 2.97. The molecule has 0 amide bonds. The summed E-state index contributed by atoms with van der Waals surface area (Å²) in [6.45, 7) is 3.84. The fraction of sp³-hybridized carbons (Fsp3) is 0.625. The van der Waals surface area contributed by atoms with Gasteiger partial charge in [0.15, 0.2) is 0 Å². The normalized spacial score (nSPS) is 13.4. The van der Waals surface area contributed by atoms with Gasteiger partial charge in [0.25, 0.3) is 0 Å². The number of nitrogens with zero attached hydrogens (tertiary/aromatic N) is 2. The lowest BCUT2D eigenvalue weighted by molar-refractivity contribution is 0.694. The van der Waals surface area contributed by atoms with Gasteiger partial charge < -0.3 is 0 Å². The molecular weight excluding hydrogens is 195 g/mol. The van der Waals surface area contributed by atoms with Crippen LogP contribution >= 0.6 is 23.2 Å². The predicted octanol–water partition coefficient (Wildman–Crippen LogP) is 2.55. The summed E-state index contributed by atoms with van der Waals surface area (Å²) in [6, 6.07) is 0. The van der Waals surface area contributed by atoms with Gasteiger partial charge in [0.05, 0.1) is 16.4 Å². The van der Waals surface area contributed by atoms with Crippen LogP contribution in [0.1, 0.15) is 18.3 Å². The van der Waals surface area contributed by atoms with Gasteiger partial charge in [-0.15, -0.1) is 11.6 Å². The average Bonchev–Trinajstić information content (AvgIpc) is 2.16. The molecule has 0 saturated carbocycles. The highest BCUT2D eigenvalue weighted by Crippen LogP contribution is 2.21. The second-order valence-corrected chi connectivity index (χ2v) is 4.08. The first-order chi connectivity index (χ1) is 5.52. The molecule has 0 aromatic carbocycles. The van der Waals surface area contributed by atoms with Crippen molar-refractivity contribution in [1.82, 2.24) is 9.78 Å². The van der Waals surface area contributed by atoms with Crippen LogP contribution in [0.2, 0.25) is 5.02 Å². The molecule has 0 aliphatic rings. The van der Waals surface area contributed by atoms with Crippen LogP contribution in [0.5, 0.6) is 0 Å². The molecule has 0 N–H and O–H groups in total. The first-order valence-electron chi connectivity index (χ1n) is 3.84. The van der Waals surface area contributed by atoms with Crippen molar-refractivity contribution in [3.05, 3.63) is 16.4 Å². The van der Waals surface area contributed by atoms with E-state index in [1.54, 1.807) is 4.68 Å². The second-order valence-electron chi connectivity index (χ2n) is 2.95. The highest BCUT2D eigenvalue weighted by molar-refractivity contribution is 6.32. The highest BCUT2D eigenvalue weighted by Gasteiger charge is 2.12. The molecule has 68 valence electrons. The van der Waals surface area contributed by atoms with Gasteiger partial charge in [-0.25, -0.2) is 0 Å². The third kappa shape index (κ3) is 1.93. The summed E-state index contributed by atoms with van der Waals surface area (Å²) in [4.78, 5) is 0. The Labute approximate surface area is 82.5 Å². The quantitative estimate of drug-likeness (QED) is 0.681. The summed E-state index contributed by atoms with van der Waals surface area (Å²) in [5, 5.41) is 5.03. The van der Waals surface area contributed by atoms with Gasteiger partial charge in [-0.1, -0.05) is 11.6 Å². The van der Waals surface area contributed by atoms with Crippen LogP contribution in [0.25, 0.3) is 0 Å². The standard InChI is InChI=1S/C8H12Cl2N2/c1-5(9)4-7-8(10)6(2)11-12(7)3/h5H,4H2,1-3H3. The summed E-state index contributed by atoms with van der Waals surface area (Å²) < 4.78 is 1.79. The van der Waals surface area contributed by atoms with Gasteiger partial charge in [-0.2, -0.15) is 5.10 Å². The zero-order valence-electron chi connectivity index (χ0n) is 7.43. The minimum Gasteiger partial charge on any atom is -0.271 e. The fourth-order valence-electron chi connectivity index (χ4n) is 1.17. The van der Waals surface area contributed by atoms with E-state index < -0.39 is 0 Å². The molecule has 0 bridgehead atoms. The van der Waals surface area contributed by atoms with Crippen molar-refractivity contribution in [3.63, 3.8) is 0 Å². The van der Waals surface area contributed by atoms with Gasteiger partial charge in [-0.05, 0) is 13.8 Å². The van der Waals surface area contributed by atoms with E-state index in [0.717, 1.165) is 22.8 Å². The molecule has 0 aliphatic carbocycles. The molecule has 1 rings (SSSR count). The maximum atomic E-state index is 6.02. The van der Waals surface area contributed by atoms with Crippen molar-refractivity contribution in [2.24, 2.45) is 7.05 Å². The maximum Gasteiger partial charge on any atom is 0.0847 e. The lowest BCUT2D eigenvalue weighted by atomic mass is 10.2. The fourth-order valence-corrected chi connectivity index (χ4v) is 1.55. The van der Waals surface area contributed by atoms with E-state index in [-0.39, 0.29) is 5.38 Å². The molecule has 0 aliphatic heterocycles. The molecule has 1 heterocycles. The van der Waals surface area contributed by atoms with Crippen molar-refractivity contribution in [2.45, 2.75) is 25.6 Å². The predicted molar refractivity (Wildman–Crippen MR) is 52.0 cm³/mol.